The molecule has 0 saturated heterocycles. The van der Waals surface area contributed by atoms with Crippen LogP contribution in [0.4, 0.5) is 9.80 Å². The Bertz CT molecular complexity index is 773. The van der Waals surface area contributed by atoms with E-state index in [-0.39, 0.29) is 0 Å². The Balaban J connectivity index is 1.63. The highest BCUT2D eigenvalue weighted by molar-refractivity contribution is 7.16. The number of nitrogens with one attached hydrogen (secondary N) is 1. The van der Waals surface area contributed by atoms with Crippen LogP contribution in [0.25, 0.3) is 0 Å². The van der Waals surface area contributed by atoms with Crippen molar-refractivity contribution < 1.29 is 19.0 Å². The molecule has 0 spiro atoms. The molecule has 1 aliphatic carbocycles. The summed E-state index contributed by atoms with van der Waals surface area (Å²) in [5.41, 5.74) is 8.01. The number of ether oxygens (including phenoxy) is 3. The second-order valence-electron chi connectivity index (χ2n) is 5.84. The lowest BCUT2D eigenvalue weighted by Gasteiger charge is -2.13. The van der Waals surface area contributed by atoms with Gasteiger partial charge in [-0.2, -0.15) is 0 Å². The fourth-order valence-electron chi connectivity index (χ4n) is 2.96. The van der Waals surface area contributed by atoms with Gasteiger partial charge in [-0.05, 0) is 43.4 Å². The summed E-state index contributed by atoms with van der Waals surface area (Å²) in [6, 6.07) is 5.48. The number of amides is 1. The number of nitrogens with two attached hydrogens (primary N) is 1. The fraction of sp³-hybridized carbons (Fsp3) is 0.389. The van der Waals surface area contributed by atoms with Gasteiger partial charge in [0.25, 0.3) is 0 Å². The quantitative estimate of drug-likeness (QED) is 0.850. The van der Waals surface area contributed by atoms with E-state index in [1.54, 1.807) is 20.3 Å². The van der Waals surface area contributed by atoms with Crippen molar-refractivity contribution >= 4 is 22.4 Å². The van der Waals surface area contributed by atoms with Gasteiger partial charge in [0.1, 0.15) is 5.00 Å². The molecule has 0 aliphatic heterocycles. The van der Waals surface area contributed by atoms with Crippen molar-refractivity contribution in [2.75, 3.05) is 20.0 Å². The van der Waals surface area contributed by atoms with E-state index in [1.807, 2.05) is 12.1 Å². The number of rotatable bonds is 5. The number of fused-ring (bicyclic) bond motifs is 1. The lowest BCUT2D eigenvalue weighted by atomic mass is 9.99. The predicted molar refractivity (Wildman–Crippen MR) is 97.8 cm³/mol. The number of nitrogen functional groups attached to an aromatic ring is 1. The first-order valence-electron chi connectivity index (χ1n) is 8.19. The van der Waals surface area contributed by atoms with E-state index in [0.717, 1.165) is 36.8 Å². The highest BCUT2D eigenvalue weighted by Crippen LogP contribution is 2.42. The van der Waals surface area contributed by atoms with Crippen LogP contribution >= 0.6 is 11.3 Å². The van der Waals surface area contributed by atoms with Gasteiger partial charge in [-0.3, -0.25) is 0 Å². The Labute approximate surface area is 150 Å². The Morgan fingerprint density at radius 3 is 2.72 bits per heavy atom. The Kier molecular flexibility index (Phi) is 5.33. The third-order valence-electron chi connectivity index (χ3n) is 4.23. The van der Waals surface area contributed by atoms with Gasteiger partial charge in [-0.1, -0.05) is 6.07 Å². The maximum atomic E-state index is 12.2. The number of anilines is 1. The Morgan fingerprint density at radius 1 is 1.20 bits per heavy atom. The second-order valence-corrected chi connectivity index (χ2v) is 6.97. The van der Waals surface area contributed by atoms with Gasteiger partial charge in [0.2, 0.25) is 0 Å². The molecule has 1 heterocycles. The number of aryl methyl sites for hydroxylation is 1. The summed E-state index contributed by atoms with van der Waals surface area (Å²) in [7, 11) is 3.16. The van der Waals surface area contributed by atoms with E-state index < -0.39 is 6.09 Å². The number of benzene rings is 1. The van der Waals surface area contributed by atoms with Crippen molar-refractivity contribution in [1.29, 1.82) is 0 Å². The van der Waals surface area contributed by atoms with E-state index in [0.29, 0.717) is 28.8 Å². The van der Waals surface area contributed by atoms with Crippen LogP contribution < -0.4 is 25.3 Å². The second kappa shape index (κ2) is 7.65. The Hall–Kier alpha value is -2.41. The standard InChI is InChI=1S/C18H22N2O4S/c1-22-13-8-7-11(9-14(13)23-2)10-20-18(21)24-16-12-5-3-4-6-15(12)25-17(16)19/h7-9H,3-6,10,19H2,1-2H3,(H,20,21). The summed E-state index contributed by atoms with van der Waals surface area (Å²) in [5.74, 6) is 1.79. The van der Waals surface area contributed by atoms with Crippen LogP contribution in [0, 0.1) is 0 Å². The molecule has 0 unspecified atom stereocenters. The smallest absolute Gasteiger partial charge is 0.412 e. The van der Waals surface area contributed by atoms with Gasteiger partial charge in [0.05, 0.1) is 14.2 Å². The monoisotopic (exact) mass is 362 g/mol. The lowest BCUT2D eigenvalue weighted by molar-refractivity contribution is 0.200. The summed E-state index contributed by atoms with van der Waals surface area (Å²) < 4.78 is 16.0. The number of carbonyl (C=O) groups excluding carboxylic acids is 1. The zero-order valence-corrected chi connectivity index (χ0v) is 15.2. The highest BCUT2D eigenvalue weighted by atomic mass is 32.1. The molecule has 7 heteroatoms. The summed E-state index contributed by atoms with van der Waals surface area (Å²) >= 11 is 1.52. The molecule has 1 amide bonds. The van der Waals surface area contributed by atoms with Crippen molar-refractivity contribution in [3.05, 3.63) is 34.2 Å². The highest BCUT2D eigenvalue weighted by Gasteiger charge is 2.22. The van der Waals surface area contributed by atoms with E-state index in [1.165, 1.54) is 16.2 Å². The molecule has 0 bridgehead atoms. The van der Waals surface area contributed by atoms with Crippen molar-refractivity contribution in [1.82, 2.24) is 5.32 Å². The van der Waals surface area contributed by atoms with Crippen LogP contribution in [0.5, 0.6) is 17.2 Å². The summed E-state index contributed by atoms with van der Waals surface area (Å²) in [6.45, 7) is 0.325. The molecule has 6 nitrogen and oxygen atoms in total. The average Bonchev–Trinajstić information content (AvgIpc) is 2.95. The molecule has 25 heavy (non-hydrogen) atoms. The molecule has 1 aliphatic rings. The van der Waals surface area contributed by atoms with Crippen molar-refractivity contribution in [3.63, 3.8) is 0 Å². The molecule has 0 atom stereocenters. The Morgan fingerprint density at radius 2 is 1.96 bits per heavy atom. The minimum atomic E-state index is -0.507. The third kappa shape index (κ3) is 3.82. The molecular weight excluding hydrogens is 340 g/mol. The minimum absolute atomic E-state index is 0.325. The van der Waals surface area contributed by atoms with Crippen molar-refractivity contribution in [2.24, 2.45) is 0 Å². The van der Waals surface area contributed by atoms with Gasteiger partial charge in [-0.25, -0.2) is 4.79 Å². The fourth-order valence-corrected chi connectivity index (χ4v) is 4.05. The number of methoxy groups -OCH3 is 2. The van der Waals surface area contributed by atoms with Gasteiger partial charge < -0.3 is 25.3 Å². The molecule has 134 valence electrons. The maximum Gasteiger partial charge on any atom is 0.412 e. The van der Waals surface area contributed by atoms with Crippen LogP contribution in [-0.4, -0.2) is 20.3 Å². The largest absolute Gasteiger partial charge is 0.493 e. The van der Waals surface area contributed by atoms with Gasteiger partial charge in [0, 0.05) is 17.0 Å². The number of hydrogen-bond donors (Lipinski definition) is 2. The van der Waals surface area contributed by atoms with Gasteiger partial charge >= 0.3 is 6.09 Å². The van der Waals surface area contributed by atoms with Gasteiger partial charge in [0.15, 0.2) is 17.2 Å². The average molecular weight is 362 g/mol. The van der Waals surface area contributed by atoms with E-state index in [9.17, 15) is 4.79 Å². The van der Waals surface area contributed by atoms with Crippen molar-refractivity contribution in [3.8, 4) is 17.2 Å². The van der Waals surface area contributed by atoms with Crippen molar-refractivity contribution in [2.45, 2.75) is 32.2 Å². The molecule has 3 N–H and O–H groups in total. The van der Waals surface area contributed by atoms with Crippen LogP contribution in [0.1, 0.15) is 28.8 Å². The SMILES string of the molecule is COc1ccc(CNC(=O)Oc2c(N)sc3c2CCCC3)cc1OC. The summed E-state index contributed by atoms with van der Waals surface area (Å²) in [6.07, 6.45) is 3.69. The molecule has 3 rings (SSSR count). The van der Waals surface area contributed by atoms with E-state index in [2.05, 4.69) is 5.32 Å². The van der Waals surface area contributed by atoms with E-state index >= 15 is 0 Å². The van der Waals surface area contributed by atoms with Crippen LogP contribution in [0.2, 0.25) is 0 Å². The molecule has 1 aromatic carbocycles. The first-order valence-corrected chi connectivity index (χ1v) is 9.00. The minimum Gasteiger partial charge on any atom is -0.493 e. The first-order chi connectivity index (χ1) is 12.1. The summed E-state index contributed by atoms with van der Waals surface area (Å²) in [5, 5.41) is 3.33. The topological polar surface area (TPSA) is 82.8 Å². The normalized spacial score (nSPS) is 13.0. The third-order valence-corrected chi connectivity index (χ3v) is 5.33. The molecule has 0 saturated carbocycles. The zero-order chi connectivity index (χ0) is 17.8. The van der Waals surface area contributed by atoms with Crippen LogP contribution in [-0.2, 0) is 19.4 Å². The molecule has 2 aromatic rings. The molecule has 1 aromatic heterocycles. The number of carbonyl (C=O) groups is 1. The number of hydrogen-bond acceptors (Lipinski definition) is 6. The lowest BCUT2D eigenvalue weighted by Crippen LogP contribution is -2.26. The maximum absolute atomic E-state index is 12.2. The van der Waals surface area contributed by atoms with Crippen LogP contribution in [0.15, 0.2) is 18.2 Å². The van der Waals surface area contributed by atoms with Crippen LogP contribution in [0.3, 0.4) is 0 Å². The number of thiophene rings is 1. The molecular formula is C18H22N2O4S. The molecule has 0 radical (unpaired) electrons. The first kappa shape index (κ1) is 17.4. The zero-order valence-electron chi connectivity index (χ0n) is 14.4. The summed E-state index contributed by atoms with van der Waals surface area (Å²) in [4.78, 5) is 13.4. The van der Waals surface area contributed by atoms with E-state index in [4.69, 9.17) is 19.9 Å². The predicted octanol–water partition coefficient (Wildman–Crippen LogP) is 3.51. The molecule has 0 fully saturated rings. The van der Waals surface area contributed by atoms with Gasteiger partial charge in [-0.15, -0.1) is 11.3 Å².